The van der Waals surface area contributed by atoms with Crippen LogP contribution in [0.4, 0.5) is 0 Å². The molecule has 1 saturated heterocycles. The minimum absolute atomic E-state index is 0.132. The minimum Gasteiger partial charge on any atom is -0.481 e. The maximum absolute atomic E-state index is 11.1. The molecule has 1 rings (SSSR count). The van der Waals surface area contributed by atoms with Crippen LogP contribution in [0.15, 0.2) is 0 Å². The van der Waals surface area contributed by atoms with Crippen LogP contribution in [0, 0.1) is 35.5 Å². The van der Waals surface area contributed by atoms with Crippen molar-refractivity contribution in [3.63, 3.8) is 0 Å². The molecule has 1 heterocycles. The number of nitrogens with one attached hydrogen (secondary N) is 1. The van der Waals surface area contributed by atoms with Crippen LogP contribution in [0.2, 0.25) is 0 Å². The molecule has 1 fully saturated rings. The zero-order valence-corrected chi connectivity index (χ0v) is 18.5. The van der Waals surface area contributed by atoms with Gasteiger partial charge in [-0.05, 0) is 42.1 Å². The molecular formula is C22H44N2O3. The summed E-state index contributed by atoms with van der Waals surface area (Å²) in [4.78, 5) is 21.7. The first kappa shape index (κ1) is 25.9. The number of carboxylic acid groups (broad SMARTS) is 1. The van der Waals surface area contributed by atoms with Crippen LogP contribution in [0.25, 0.3) is 0 Å². The summed E-state index contributed by atoms with van der Waals surface area (Å²) in [6.07, 6.45) is 5.62. The molecule has 0 aliphatic carbocycles. The summed E-state index contributed by atoms with van der Waals surface area (Å²) in [5.74, 6) is 2.62. The largest absolute Gasteiger partial charge is 0.481 e. The number of carbonyl (C=O) groups excluding carboxylic acids is 1. The van der Waals surface area contributed by atoms with Crippen LogP contribution >= 0.6 is 0 Å². The van der Waals surface area contributed by atoms with Gasteiger partial charge in [-0.2, -0.15) is 0 Å². The summed E-state index contributed by atoms with van der Waals surface area (Å²) in [6, 6.07) is 0. The van der Waals surface area contributed by atoms with E-state index in [0.29, 0.717) is 30.2 Å². The van der Waals surface area contributed by atoms with E-state index in [4.69, 9.17) is 10.8 Å². The third-order valence-corrected chi connectivity index (χ3v) is 5.92. The van der Waals surface area contributed by atoms with Gasteiger partial charge < -0.3 is 16.2 Å². The average Bonchev–Trinajstić information content (AvgIpc) is 3.01. The number of nitrogens with two attached hydrogens (primary N) is 1. The molecule has 0 aromatic heterocycles. The van der Waals surface area contributed by atoms with Crippen LogP contribution in [-0.2, 0) is 9.59 Å². The van der Waals surface area contributed by atoms with Crippen molar-refractivity contribution in [2.45, 2.75) is 80.1 Å². The molecule has 160 valence electrons. The maximum Gasteiger partial charge on any atom is 0.303 e. The van der Waals surface area contributed by atoms with Gasteiger partial charge in [-0.15, -0.1) is 0 Å². The van der Waals surface area contributed by atoms with Crippen molar-refractivity contribution in [1.82, 2.24) is 5.32 Å². The summed E-state index contributed by atoms with van der Waals surface area (Å²) in [5, 5.41) is 11.7. The van der Waals surface area contributed by atoms with Gasteiger partial charge in [0.15, 0.2) is 0 Å². The first-order valence-electron chi connectivity index (χ1n) is 10.9. The molecule has 1 aliphatic rings. The third kappa shape index (κ3) is 10.1. The fraction of sp³-hybridized carbons (Fsp3) is 0.909. The van der Waals surface area contributed by atoms with Gasteiger partial charge in [0, 0.05) is 19.4 Å². The predicted molar refractivity (Wildman–Crippen MR) is 112 cm³/mol. The van der Waals surface area contributed by atoms with Crippen molar-refractivity contribution >= 4 is 11.9 Å². The molecule has 27 heavy (non-hydrogen) atoms. The molecule has 4 N–H and O–H groups in total. The topological polar surface area (TPSA) is 92.4 Å². The third-order valence-electron chi connectivity index (χ3n) is 5.92. The fourth-order valence-electron chi connectivity index (χ4n) is 4.46. The van der Waals surface area contributed by atoms with Crippen molar-refractivity contribution in [1.29, 1.82) is 0 Å². The Hall–Kier alpha value is -1.10. The second-order valence-electron chi connectivity index (χ2n) is 8.76. The Kier molecular flexibility index (Phi) is 13.4. The summed E-state index contributed by atoms with van der Waals surface area (Å²) < 4.78 is 0. The Morgan fingerprint density at radius 3 is 2.07 bits per heavy atom. The molecule has 5 nitrogen and oxygen atoms in total. The highest BCUT2D eigenvalue weighted by Gasteiger charge is 2.30. The van der Waals surface area contributed by atoms with Crippen LogP contribution in [0.5, 0.6) is 0 Å². The monoisotopic (exact) mass is 384 g/mol. The Balaban J connectivity index is 0.000000501. The number of hydrogen-bond donors (Lipinski definition) is 3. The van der Waals surface area contributed by atoms with Crippen molar-refractivity contribution in [3.05, 3.63) is 0 Å². The van der Waals surface area contributed by atoms with Gasteiger partial charge >= 0.3 is 5.97 Å². The van der Waals surface area contributed by atoms with Crippen LogP contribution in [0.3, 0.4) is 0 Å². The Morgan fingerprint density at radius 1 is 1.15 bits per heavy atom. The summed E-state index contributed by atoms with van der Waals surface area (Å²) in [7, 11) is 0. The number of rotatable bonds is 11. The maximum atomic E-state index is 11.1. The van der Waals surface area contributed by atoms with Crippen LogP contribution in [0.1, 0.15) is 80.1 Å². The fourth-order valence-corrected chi connectivity index (χ4v) is 4.46. The first-order valence-corrected chi connectivity index (χ1v) is 10.9. The van der Waals surface area contributed by atoms with E-state index in [1.807, 2.05) is 0 Å². The number of carbonyl (C=O) groups is 2. The van der Waals surface area contributed by atoms with Gasteiger partial charge in [0.2, 0.25) is 5.91 Å². The number of hydrogen-bond acceptors (Lipinski definition) is 3. The van der Waals surface area contributed by atoms with Gasteiger partial charge in [0.25, 0.3) is 0 Å². The second-order valence-corrected chi connectivity index (χ2v) is 8.76. The lowest BCUT2D eigenvalue weighted by Gasteiger charge is -2.28. The predicted octanol–water partition coefficient (Wildman–Crippen LogP) is 4.30. The summed E-state index contributed by atoms with van der Waals surface area (Å²) in [6.45, 7) is 14.6. The lowest BCUT2D eigenvalue weighted by atomic mass is 9.79. The SMILES string of the molecule is CCCC(C(C)C)C(CN)CC(=O)O.CCCC(C(C)C)C1CNC(=O)C1. The van der Waals surface area contributed by atoms with E-state index >= 15 is 0 Å². The molecule has 4 unspecified atom stereocenters. The van der Waals surface area contributed by atoms with E-state index in [2.05, 4.69) is 46.9 Å². The van der Waals surface area contributed by atoms with Gasteiger partial charge in [-0.25, -0.2) is 0 Å². The summed E-state index contributed by atoms with van der Waals surface area (Å²) >= 11 is 0. The molecule has 0 saturated carbocycles. The van der Waals surface area contributed by atoms with Gasteiger partial charge in [0.05, 0.1) is 0 Å². The van der Waals surface area contributed by atoms with E-state index in [1.54, 1.807) is 0 Å². The molecule has 0 aromatic carbocycles. The van der Waals surface area contributed by atoms with E-state index in [0.717, 1.165) is 31.7 Å². The standard InChI is InChI=1S/C11H23NO2.C11H21NO/c1-4-5-10(8(2)3)9(7-12)6-11(13)14;1-4-5-10(8(2)3)9-6-11(13)12-7-9/h8-10H,4-7,12H2,1-3H3,(H,13,14);8-10H,4-7H2,1-3H3,(H,12,13). The van der Waals surface area contributed by atoms with Crippen molar-refractivity contribution in [3.8, 4) is 0 Å². The highest BCUT2D eigenvalue weighted by atomic mass is 16.4. The van der Waals surface area contributed by atoms with Gasteiger partial charge in [-0.3, -0.25) is 9.59 Å². The highest BCUT2D eigenvalue weighted by Crippen LogP contribution is 2.30. The van der Waals surface area contributed by atoms with E-state index in [1.165, 1.54) is 12.8 Å². The normalized spacial score (nSPS) is 20.0. The lowest BCUT2D eigenvalue weighted by molar-refractivity contribution is -0.138. The molecule has 4 atom stereocenters. The van der Waals surface area contributed by atoms with E-state index in [9.17, 15) is 9.59 Å². The van der Waals surface area contributed by atoms with Crippen LogP contribution < -0.4 is 11.1 Å². The zero-order valence-electron chi connectivity index (χ0n) is 18.5. The highest BCUT2D eigenvalue weighted by molar-refractivity contribution is 5.78. The molecule has 0 radical (unpaired) electrons. The molecule has 0 spiro atoms. The summed E-state index contributed by atoms with van der Waals surface area (Å²) in [5.41, 5.74) is 5.63. The van der Waals surface area contributed by atoms with Gasteiger partial charge in [0.1, 0.15) is 0 Å². The molecule has 0 aromatic rings. The Morgan fingerprint density at radius 2 is 1.74 bits per heavy atom. The van der Waals surface area contributed by atoms with Crippen LogP contribution in [-0.4, -0.2) is 30.1 Å². The smallest absolute Gasteiger partial charge is 0.303 e. The number of amides is 1. The van der Waals surface area contributed by atoms with Crippen molar-refractivity contribution in [2.24, 2.45) is 41.2 Å². The molecule has 0 bridgehead atoms. The van der Waals surface area contributed by atoms with E-state index < -0.39 is 5.97 Å². The van der Waals surface area contributed by atoms with E-state index in [-0.39, 0.29) is 18.2 Å². The van der Waals surface area contributed by atoms with Crippen molar-refractivity contribution < 1.29 is 14.7 Å². The van der Waals surface area contributed by atoms with Gasteiger partial charge in [-0.1, -0.05) is 67.2 Å². The molecule has 5 heteroatoms. The molecule has 1 aliphatic heterocycles. The lowest BCUT2D eigenvalue weighted by Crippen LogP contribution is -2.29. The Labute approximate surface area is 166 Å². The average molecular weight is 385 g/mol. The Bertz CT molecular complexity index is 424. The molecule has 1 amide bonds. The minimum atomic E-state index is -0.734. The second kappa shape index (κ2) is 14.0. The van der Waals surface area contributed by atoms with Crippen molar-refractivity contribution in [2.75, 3.05) is 13.1 Å². The first-order chi connectivity index (χ1) is 12.7. The molecular weight excluding hydrogens is 340 g/mol. The zero-order chi connectivity index (χ0) is 21.0. The number of aliphatic carboxylic acids is 1. The number of carboxylic acids is 1. The quantitative estimate of drug-likeness (QED) is 0.495.